The number of hydrogen-bond acceptors (Lipinski definition) is 1. The highest BCUT2D eigenvalue weighted by Gasteiger charge is 2.21. The lowest BCUT2D eigenvalue weighted by Crippen LogP contribution is -2.13. The lowest BCUT2D eigenvalue weighted by Gasteiger charge is -2.24. The highest BCUT2D eigenvalue weighted by atomic mass is 79.9. The quantitative estimate of drug-likeness (QED) is 0.743. The maximum absolute atomic E-state index is 4.59. The van der Waals surface area contributed by atoms with E-state index in [1.165, 1.54) is 49.8 Å². The van der Waals surface area contributed by atoms with Gasteiger partial charge in [0.05, 0.1) is 0 Å². The number of aromatic nitrogens is 1. The van der Waals surface area contributed by atoms with Gasteiger partial charge in [-0.25, -0.2) is 0 Å². The van der Waals surface area contributed by atoms with Gasteiger partial charge in [0.15, 0.2) is 0 Å². The van der Waals surface area contributed by atoms with Crippen molar-refractivity contribution in [3.63, 3.8) is 0 Å². The van der Waals surface area contributed by atoms with Gasteiger partial charge in [-0.3, -0.25) is 4.98 Å². The highest BCUT2D eigenvalue weighted by Crippen LogP contribution is 2.34. The molecule has 0 N–H and O–H groups in total. The summed E-state index contributed by atoms with van der Waals surface area (Å²) in [4.78, 5) is 5.27. The van der Waals surface area contributed by atoms with Crippen LogP contribution in [0.3, 0.4) is 0 Å². The molecule has 0 spiro atoms. The Morgan fingerprint density at radius 3 is 3.25 bits per heavy atom. The van der Waals surface area contributed by atoms with Crippen LogP contribution in [0.15, 0.2) is 18.3 Å². The average Bonchev–Trinajstić information content (AvgIpc) is 2.35. The third kappa shape index (κ3) is 2.85. The monoisotopic (exact) mass is 281 g/mol. The number of aryl methyl sites for hydroxylation is 1. The molecule has 0 saturated carbocycles. The molecule has 16 heavy (non-hydrogen) atoms. The van der Waals surface area contributed by atoms with E-state index in [1.807, 2.05) is 6.20 Å². The average molecular weight is 282 g/mol. The first kappa shape index (κ1) is 12.1. The van der Waals surface area contributed by atoms with E-state index in [0.29, 0.717) is 10.7 Å². The van der Waals surface area contributed by atoms with Crippen LogP contribution in [0.1, 0.15) is 56.2 Å². The molecule has 0 aromatic carbocycles. The summed E-state index contributed by atoms with van der Waals surface area (Å²) in [5.74, 6) is 0.705. The Morgan fingerprint density at radius 1 is 1.56 bits per heavy atom. The van der Waals surface area contributed by atoms with E-state index in [1.54, 1.807) is 0 Å². The Morgan fingerprint density at radius 2 is 2.44 bits per heavy atom. The minimum atomic E-state index is 0.682. The fourth-order valence-electron chi connectivity index (χ4n) is 2.57. The minimum Gasteiger partial charge on any atom is -0.261 e. The Bertz CT molecular complexity index is 337. The van der Waals surface area contributed by atoms with Crippen molar-refractivity contribution < 1.29 is 0 Å². The van der Waals surface area contributed by atoms with Crippen LogP contribution in [0.25, 0.3) is 0 Å². The number of rotatable bonds is 4. The molecule has 0 aliphatic heterocycles. The van der Waals surface area contributed by atoms with Crippen LogP contribution in [0.4, 0.5) is 0 Å². The van der Waals surface area contributed by atoms with Crippen LogP contribution in [0.5, 0.6) is 0 Å². The molecule has 1 aromatic heterocycles. The van der Waals surface area contributed by atoms with E-state index >= 15 is 0 Å². The van der Waals surface area contributed by atoms with Crippen LogP contribution in [0, 0.1) is 0 Å². The molecule has 2 heteroatoms. The summed E-state index contributed by atoms with van der Waals surface area (Å²) in [5.41, 5.74) is 2.87. The predicted octanol–water partition coefficient (Wildman–Crippen LogP) is 4.46. The van der Waals surface area contributed by atoms with Gasteiger partial charge in [-0.2, -0.15) is 0 Å². The largest absolute Gasteiger partial charge is 0.261 e. The first-order valence-corrected chi connectivity index (χ1v) is 7.30. The van der Waals surface area contributed by atoms with Crippen LogP contribution in [0.2, 0.25) is 0 Å². The molecular weight excluding hydrogens is 262 g/mol. The maximum Gasteiger partial charge on any atom is 0.0466 e. The fraction of sp³-hybridized carbons (Fsp3) is 0.643. The molecule has 1 aliphatic carbocycles. The van der Waals surface area contributed by atoms with Crippen molar-refractivity contribution in [2.45, 2.75) is 56.2 Å². The maximum atomic E-state index is 4.59. The van der Waals surface area contributed by atoms with Gasteiger partial charge >= 0.3 is 0 Å². The van der Waals surface area contributed by atoms with Crippen molar-refractivity contribution >= 4 is 15.9 Å². The molecular formula is C14H20BrN. The summed E-state index contributed by atoms with van der Waals surface area (Å²) in [6.45, 7) is 2.24. The number of pyridine rings is 1. The number of hydrogen-bond donors (Lipinski definition) is 0. The SMILES string of the molecule is CCC(Br)CCC1CCCc2cccnc21. The molecule has 0 saturated heterocycles. The zero-order chi connectivity index (χ0) is 11.4. The second kappa shape index (κ2) is 5.81. The lowest BCUT2D eigenvalue weighted by atomic mass is 9.83. The molecule has 0 amide bonds. The van der Waals surface area contributed by atoms with Crippen molar-refractivity contribution in [2.75, 3.05) is 0 Å². The Balaban J connectivity index is 2.01. The number of halogens is 1. The lowest BCUT2D eigenvalue weighted by molar-refractivity contribution is 0.487. The first-order chi connectivity index (χ1) is 7.81. The van der Waals surface area contributed by atoms with Gasteiger partial charge < -0.3 is 0 Å². The third-order valence-corrected chi connectivity index (χ3v) is 4.69. The standard InChI is InChI=1S/C14H20BrN/c1-2-13(15)9-8-12-6-3-5-11-7-4-10-16-14(11)12/h4,7,10,12-13H,2-3,5-6,8-9H2,1H3. The molecule has 1 nitrogen and oxygen atoms in total. The number of nitrogens with zero attached hydrogens (tertiary/aromatic N) is 1. The molecule has 0 fully saturated rings. The zero-order valence-electron chi connectivity index (χ0n) is 9.95. The van der Waals surface area contributed by atoms with E-state index < -0.39 is 0 Å². The predicted molar refractivity (Wildman–Crippen MR) is 72.2 cm³/mol. The van der Waals surface area contributed by atoms with Gasteiger partial charge in [0.25, 0.3) is 0 Å². The Hall–Kier alpha value is -0.370. The second-order valence-corrected chi connectivity index (χ2v) is 6.01. The molecule has 1 heterocycles. The molecule has 1 aliphatic rings. The summed E-state index contributed by atoms with van der Waals surface area (Å²) in [6, 6.07) is 4.32. The van der Waals surface area contributed by atoms with Crippen LogP contribution >= 0.6 is 15.9 Å². The first-order valence-electron chi connectivity index (χ1n) is 6.39. The van der Waals surface area contributed by atoms with E-state index in [9.17, 15) is 0 Å². The fourth-order valence-corrected chi connectivity index (χ4v) is 2.84. The van der Waals surface area contributed by atoms with Crippen molar-refractivity contribution in [2.24, 2.45) is 0 Å². The third-order valence-electron chi connectivity index (χ3n) is 3.58. The normalized spacial score (nSPS) is 21.5. The topological polar surface area (TPSA) is 12.9 Å². The summed E-state index contributed by atoms with van der Waals surface area (Å²) in [5, 5.41) is 0. The number of fused-ring (bicyclic) bond motifs is 1. The van der Waals surface area contributed by atoms with Crippen molar-refractivity contribution in [1.29, 1.82) is 0 Å². The molecule has 1 aromatic rings. The molecule has 0 radical (unpaired) electrons. The van der Waals surface area contributed by atoms with Gasteiger partial charge in [-0.05, 0) is 50.2 Å². The second-order valence-electron chi connectivity index (χ2n) is 4.72. The molecule has 2 atom stereocenters. The van der Waals surface area contributed by atoms with Gasteiger partial charge in [0, 0.05) is 22.6 Å². The van der Waals surface area contributed by atoms with Crippen molar-refractivity contribution in [3.05, 3.63) is 29.6 Å². The highest BCUT2D eigenvalue weighted by molar-refractivity contribution is 9.09. The smallest absolute Gasteiger partial charge is 0.0466 e. The molecule has 2 rings (SSSR count). The Kier molecular flexibility index (Phi) is 4.39. The Labute approximate surface area is 107 Å². The van der Waals surface area contributed by atoms with Crippen molar-refractivity contribution in [3.8, 4) is 0 Å². The number of alkyl halides is 1. The van der Waals surface area contributed by atoms with Gasteiger partial charge in [-0.15, -0.1) is 0 Å². The van der Waals surface area contributed by atoms with E-state index in [0.717, 1.165) is 0 Å². The van der Waals surface area contributed by atoms with Crippen LogP contribution in [-0.4, -0.2) is 9.81 Å². The van der Waals surface area contributed by atoms with Gasteiger partial charge in [0.1, 0.15) is 0 Å². The van der Waals surface area contributed by atoms with E-state index in [4.69, 9.17) is 0 Å². The van der Waals surface area contributed by atoms with Gasteiger partial charge in [0.2, 0.25) is 0 Å². The summed E-state index contributed by atoms with van der Waals surface area (Å²) >= 11 is 3.72. The molecule has 2 unspecified atom stereocenters. The summed E-state index contributed by atoms with van der Waals surface area (Å²) in [6.07, 6.45) is 9.62. The van der Waals surface area contributed by atoms with Gasteiger partial charge in [-0.1, -0.05) is 28.9 Å². The van der Waals surface area contributed by atoms with Crippen LogP contribution in [-0.2, 0) is 6.42 Å². The minimum absolute atomic E-state index is 0.682. The van der Waals surface area contributed by atoms with Crippen LogP contribution < -0.4 is 0 Å². The molecule has 0 bridgehead atoms. The zero-order valence-corrected chi connectivity index (χ0v) is 11.5. The van der Waals surface area contributed by atoms with Crippen molar-refractivity contribution in [1.82, 2.24) is 4.98 Å². The van der Waals surface area contributed by atoms with E-state index in [2.05, 4.69) is 40.0 Å². The van der Waals surface area contributed by atoms with E-state index in [-0.39, 0.29) is 0 Å². The summed E-state index contributed by atoms with van der Waals surface area (Å²) in [7, 11) is 0. The summed E-state index contributed by atoms with van der Waals surface area (Å²) < 4.78 is 0. The molecule has 88 valence electrons.